The van der Waals surface area contributed by atoms with Gasteiger partial charge in [0.25, 0.3) is 0 Å². The highest BCUT2D eigenvalue weighted by molar-refractivity contribution is 6.17. The van der Waals surface area contributed by atoms with Crippen LogP contribution in [-0.4, -0.2) is 9.55 Å². The van der Waals surface area contributed by atoms with Crippen molar-refractivity contribution in [1.82, 2.24) is 9.55 Å². The summed E-state index contributed by atoms with van der Waals surface area (Å²) in [6.45, 7) is 4.08. The average Bonchev–Trinajstić information content (AvgIpc) is 2.75. The fraction of sp³-hybridized carbons (Fsp3) is 0.188. The normalized spacial score (nSPS) is 11.2. The number of hydrogen-bond acceptors (Lipinski definition) is 1. The molecule has 0 aliphatic rings. The molecular weight excluding hydrogens is 275 g/mol. The summed E-state index contributed by atoms with van der Waals surface area (Å²) >= 11 is 6.00. The minimum atomic E-state index is -0.274. The largest absolute Gasteiger partial charge is 0.295 e. The molecule has 1 aromatic heterocycles. The number of hydrogen-bond donors (Lipinski definition) is 0. The van der Waals surface area contributed by atoms with Gasteiger partial charge in [0, 0.05) is 11.8 Å². The van der Waals surface area contributed by atoms with Gasteiger partial charge in [0.2, 0.25) is 0 Å². The van der Waals surface area contributed by atoms with E-state index >= 15 is 0 Å². The number of nitrogens with zero attached hydrogens (tertiary/aromatic N) is 2. The molecule has 0 atom stereocenters. The van der Waals surface area contributed by atoms with Gasteiger partial charge in [0.1, 0.15) is 11.6 Å². The second kappa shape index (κ2) is 4.91. The first kappa shape index (κ1) is 13.1. The molecule has 0 N–H and O–H groups in total. The highest BCUT2D eigenvalue weighted by Crippen LogP contribution is 2.24. The lowest BCUT2D eigenvalue weighted by Gasteiger charge is -2.10. The van der Waals surface area contributed by atoms with Gasteiger partial charge in [-0.05, 0) is 49.2 Å². The molecule has 102 valence electrons. The smallest absolute Gasteiger partial charge is 0.129 e. The van der Waals surface area contributed by atoms with Crippen molar-refractivity contribution in [2.45, 2.75) is 19.7 Å². The first-order valence-electron chi connectivity index (χ1n) is 6.40. The lowest BCUT2D eigenvalue weighted by atomic mass is 10.1. The third kappa shape index (κ3) is 2.18. The molecule has 2 nitrogen and oxygen atoms in total. The summed E-state index contributed by atoms with van der Waals surface area (Å²) in [5.74, 6) is 0.727. The molecule has 0 aliphatic carbocycles. The Morgan fingerprint density at radius 1 is 1.10 bits per heavy atom. The lowest BCUT2D eigenvalue weighted by molar-refractivity contribution is 0.629. The quantitative estimate of drug-likeness (QED) is 0.634. The van der Waals surface area contributed by atoms with Crippen molar-refractivity contribution < 1.29 is 4.39 Å². The highest BCUT2D eigenvalue weighted by Gasteiger charge is 2.13. The van der Waals surface area contributed by atoms with Crippen molar-refractivity contribution in [1.29, 1.82) is 0 Å². The minimum absolute atomic E-state index is 0.274. The van der Waals surface area contributed by atoms with Gasteiger partial charge >= 0.3 is 0 Å². The molecule has 0 fully saturated rings. The maximum absolute atomic E-state index is 13.5. The predicted octanol–water partition coefficient (Wildman–Crippen LogP) is 4.52. The fourth-order valence-electron chi connectivity index (χ4n) is 2.56. The second-order valence-electron chi connectivity index (χ2n) is 4.98. The van der Waals surface area contributed by atoms with E-state index in [1.54, 1.807) is 6.07 Å². The van der Waals surface area contributed by atoms with Crippen LogP contribution in [0.15, 0.2) is 36.4 Å². The fourth-order valence-corrected chi connectivity index (χ4v) is 2.74. The molecule has 1 heterocycles. The maximum Gasteiger partial charge on any atom is 0.129 e. The first-order chi connectivity index (χ1) is 9.58. The number of fused-ring (bicyclic) bond motifs is 1. The van der Waals surface area contributed by atoms with Crippen LogP contribution in [0, 0.1) is 19.7 Å². The van der Waals surface area contributed by atoms with E-state index in [1.807, 2.05) is 18.4 Å². The van der Waals surface area contributed by atoms with Crippen molar-refractivity contribution in [2.75, 3.05) is 0 Å². The third-order valence-corrected chi connectivity index (χ3v) is 3.51. The molecule has 0 saturated heterocycles. The van der Waals surface area contributed by atoms with Crippen molar-refractivity contribution in [2.24, 2.45) is 0 Å². The van der Waals surface area contributed by atoms with E-state index in [-0.39, 0.29) is 11.7 Å². The van der Waals surface area contributed by atoms with Gasteiger partial charge in [0.05, 0.1) is 16.9 Å². The monoisotopic (exact) mass is 288 g/mol. The molecule has 0 bridgehead atoms. The number of halogens is 2. The van der Waals surface area contributed by atoms with Gasteiger partial charge in [0.15, 0.2) is 0 Å². The summed E-state index contributed by atoms with van der Waals surface area (Å²) in [6, 6.07) is 10.8. The van der Waals surface area contributed by atoms with Gasteiger partial charge in [-0.3, -0.25) is 4.57 Å². The Labute approximate surface area is 121 Å². The molecule has 4 heteroatoms. The summed E-state index contributed by atoms with van der Waals surface area (Å²) in [6.07, 6.45) is 0. The number of alkyl halides is 1. The van der Waals surface area contributed by atoms with Gasteiger partial charge in [-0.1, -0.05) is 6.07 Å². The summed E-state index contributed by atoms with van der Waals surface area (Å²) in [7, 11) is 0. The Hall–Kier alpha value is -1.87. The predicted molar refractivity (Wildman–Crippen MR) is 80.1 cm³/mol. The molecule has 0 aliphatic heterocycles. The summed E-state index contributed by atoms with van der Waals surface area (Å²) in [4.78, 5) is 4.47. The van der Waals surface area contributed by atoms with Gasteiger partial charge in [-0.25, -0.2) is 9.37 Å². The average molecular weight is 289 g/mol. The second-order valence-corrected chi connectivity index (χ2v) is 5.24. The van der Waals surface area contributed by atoms with E-state index in [0.717, 1.165) is 33.7 Å². The van der Waals surface area contributed by atoms with Crippen LogP contribution >= 0.6 is 11.6 Å². The van der Waals surface area contributed by atoms with E-state index < -0.39 is 0 Å². The van der Waals surface area contributed by atoms with E-state index in [1.165, 1.54) is 12.1 Å². The topological polar surface area (TPSA) is 17.8 Å². The maximum atomic E-state index is 13.5. The van der Waals surface area contributed by atoms with Crippen molar-refractivity contribution in [3.8, 4) is 5.69 Å². The zero-order valence-electron chi connectivity index (χ0n) is 11.3. The Morgan fingerprint density at radius 3 is 2.45 bits per heavy atom. The van der Waals surface area contributed by atoms with E-state index in [9.17, 15) is 4.39 Å². The van der Waals surface area contributed by atoms with Gasteiger partial charge in [-0.15, -0.1) is 11.6 Å². The van der Waals surface area contributed by atoms with Crippen LogP contribution < -0.4 is 0 Å². The summed E-state index contributed by atoms with van der Waals surface area (Å²) < 4.78 is 15.5. The van der Waals surface area contributed by atoms with Crippen LogP contribution in [0.3, 0.4) is 0 Å². The van der Waals surface area contributed by atoms with Gasteiger partial charge in [-0.2, -0.15) is 0 Å². The van der Waals surface area contributed by atoms with Gasteiger partial charge < -0.3 is 0 Å². The van der Waals surface area contributed by atoms with E-state index in [2.05, 4.69) is 23.2 Å². The van der Waals surface area contributed by atoms with Crippen LogP contribution in [-0.2, 0) is 5.88 Å². The number of aryl methyl sites for hydroxylation is 2. The Morgan fingerprint density at radius 2 is 1.80 bits per heavy atom. The van der Waals surface area contributed by atoms with Crippen molar-refractivity contribution in [3.63, 3.8) is 0 Å². The molecule has 0 spiro atoms. The van der Waals surface area contributed by atoms with Crippen molar-refractivity contribution in [3.05, 3.63) is 59.2 Å². The van der Waals surface area contributed by atoms with Crippen LogP contribution in [0.4, 0.5) is 4.39 Å². The molecule has 3 aromatic rings. The Kier molecular flexibility index (Phi) is 3.22. The number of benzene rings is 2. The van der Waals surface area contributed by atoms with Crippen LogP contribution in [0.1, 0.15) is 17.0 Å². The number of rotatable bonds is 2. The Bertz CT molecular complexity index is 772. The molecule has 20 heavy (non-hydrogen) atoms. The zero-order valence-corrected chi connectivity index (χ0v) is 12.1. The molecular formula is C16H14ClFN2. The molecule has 3 rings (SSSR count). The summed E-state index contributed by atoms with van der Waals surface area (Å²) in [5, 5.41) is 0. The molecule has 0 unspecified atom stereocenters. The van der Waals surface area contributed by atoms with Crippen molar-refractivity contribution >= 4 is 22.6 Å². The van der Waals surface area contributed by atoms with Crippen LogP contribution in [0.5, 0.6) is 0 Å². The molecule has 0 saturated carbocycles. The SMILES string of the molecule is Cc1cc(C)cc(-n2c(CCl)nc3ccc(F)cc32)c1. The minimum Gasteiger partial charge on any atom is -0.295 e. The lowest BCUT2D eigenvalue weighted by Crippen LogP contribution is -2.00. The number of imidazole rings is 1. The zero-order chi connectivity index (χ0) is 14.3. The standard InChI is InChI=1S/C16H14ClFN2/c1-10-5-11(2)7-13(6-10)20-15-8-12(18)3-4-14(15)19-16(20)9-17/h3-8H,9H2,1-2H3. The molecule has 0 amide bonds. The molecule has 0 radical (unpaired) electrons. The van der Waals surface area contributed by atoms with E-state index in [4.69, 9.17) is 11.6 Å². The molecule has 2 aromatic carbocycles. The summed E-state index contributed by atoms with van der Waals surface area (Å²) in [5.41, 5.74) is 4.76. The Balaban J connectivity index is 2.35. The number of aromatic nitrogens is 2. The third-order valence-electron chi connectivity index (χ3n) is 3.27. The van der Waals surface area contributed by atoms with Crippen LogP contribution in [0.2, 0.25) is 0 Å². The first-order valence-corrected chi connectivity index (χ1v) is 6.93. The van der Waals surface area contributed by atoms with Crippen LogP contribution in [0.25, 0.3) is 16.7 Å². The van der Waals surface area contributed by atoms with E-state index in [0.29, 0.717) is 0 Å². The highest BCUT2D eigenvalue weighted by atomic mass is 35.5.